The van der Waals surface area contributed by atoms with Gasteiger partial charge in [-0.2, -0.15) is 0 Å². The number of piperidine rings is 1. The molecule has 0 bridgehead atoms. The second-order valence-corrected chi connectivity index (χ2v) is 7.24. The van der Waals surface area contributed by atoms with E-state index in [4.69, 9.17) is 10.5 Å². The SMILES string of the molecule is I.NC(=NCc1ccc(N2CCCCC2=O)cc1)NC1CCOc2ccccc21. The van der Waals surface area contributed by atoms with Gasteiger partial charge in [-0.25, -0.2) is 4.99 Å². The van der Waals surface area contributed by atoms with Crippen LogP contribution in [0.3, 0.4) is 0 Å². The lowest BCUT2D eigenvalue weighted by atomic mass is 10.0. The number of para-hydroxylation sites is 1. The summed E-state index contributed by atoms with van der Waals surface area (Å²) in [5, 5.41) is 3.31. The van der Waals surface area contributed by atoms with Crippen molar-refractivity contribution in [3.63, 3.8) is 0 Å². The number of amides is 1. The minimum absolute atomic E-state index is 0. The van der Waals surface area contributed by atoms with E-state index >= 15 is 0 Å². The summed E-state index contributed by atoms with van der Waals surface area (Å²) in [4.78, 5) is 18.4. The van der Waals surface area contributed by atoms with Gasteiger partial charge in [0.05, 0.1) is 19.2 Å². The van der Waals surface area contributed by atoms with Gasteiger partial charge in [-0.05, 0) is 36.6 Å². The summed E-state index contributed by atoms with van der Waals surface area (Å²) in [6.45, 7) is 1.97. The first-order valence-corrected chi connectivity index (χ1v) is 9.88. The number of hydrogen-bond acceptors (Lipinski definition) is 3. The molecule has 3 N–H and O–H groups in total. The van der Waals surface area contributed by atoms with Gasteiger partial charge >= 0.3 is 0 Å². The van der Waals surface area contributed by atoms with Crippen molar-refractivity contribution in [3.8, 4) is 5.75 Å². The third-order valence-electron chi connectivity index (χ3n) is 5.28. The summed E-state index contributed by atoms with van der Waals surface area (Å²) in [5.41, 5.74) is 9.25. The van der Waals surface area contributed by atoms with Gasteiger partial charge in [0.25, 0.3) is 0 Å². The number of nitrogens with zero attached hydrogens (tertiary/aromatic N) is 2. The van der Waals surface area contributed by atoms with Crippen LogP contribution in [-0.4, -0.2) is 25.0 Å². The minimum Gasteiger partial charge on any atom is -0.493 e. The number of aliphatic imine (C=N–C) groups is 1. The zero-order valence-corrected chi connectivity index (χ0v) is 18.7. The summed E-state index contributed by atoms with van der Waals surface area (Å²) in [5.74, 6) is 1.54. The number of nitrogens with two attached hydrogens (primary N) is 1. The maximum absolute atomic E-state index is 12.0. The molecule has 29 heavy (non-hydrogen) atoms. The molecule has 1 fully saturated rings. The molecule has 7 heteroatoms. The van der Waals surface area contributed by atoms with Crippen LogP contribution in [0.4, 0.5) is 5.69 Å². The van der Waals surface area contributed by atoms with Gasteiger partial charge in [-0.15, -0.1) is 24.0 Å². The lowest BCUT2D eigenvalue weighted by Crippen LogP contribution is -2.37. The molecule has 1 atom stereocenters. The fourth-order valence-electron chi connectivity index (χ4n) is 3.75. The van der Waals surface area contributed by atoms with Crippen LogP contribution < -0.4 is 20.7 Å². The Morgan fingerprint density at radius 2 is 1.97 bits per heavy atom. The Balaban J connectivity index is 0.00000240. The molecule has 2 aliphatic rings. The first-order chi connectivity index (χ1) is 13.7. The fraction of sp³-hybridized carbons (Fsp3) is 0.364. The van der Waals surface area contributed by atoms with E-state index in [0.29, 0.717) is 25.5 Å². The van der Waals surface area contributed by atoms with Gasteiger partial charge < -0.3 is 20.7 Å². The molecule has 2 aromatic rings. The molecule has 154 valence electrons. The van der Waals surface area contributed by atoms with E-state index in [1.165, 1.54) is 0 Å². The maximum Gasteiger partial charge on any atom is 0.226 e. The summed E-state index contributed by atoms with van der Waals surface area (Å²) >= 11 is 0. The van der Waals surface area contributed by atoms with Crippen molar-refractivity contribution in [2.75, 3.05) is 18.1 Å². The Bertz CT molecular complexity index is 869. The number of fused-ring (bicyclic) bond motifs is 1. The largest absolute Gasteiger partial charge is 0.493 e. The number of guanidine groups is 1. The predicted octanol–water partition coefficient (Wildman–Crippen LogP) is 3.75. The molecular formula is C22H27IN4O2. The highest BCUT2D eigenvalue weighted by molar-refractivity contribution is 14.0. The molecule has 2 aromatic carbocycles. The second-order valence-electron chi connectivity index (χ2n) is 7.24. The minimum atomic E-state index is 0. The van der Waals surface area contributed by atoms with Crippen molar-refractivity contribution in [1.29, 1.82) is 0 Å². The summed E-state index contributed by atoms with van der Waals surface area (Å²) in [6.07, 6.45) is 3.55. The number of rotatable bonds is 4. The van der Waals surface area contributed by atoms with Crippen molar-refractivity contribution in [2.45, 2.75) is 38.3 Å². The van der Waals surface area contributed by atoms with E-state index in [0.717, 1.165) is 48.4 Å². The summed E-state index contributed by atoms with van der Waals surface area (Å²) in [7, 11) is 0. The number of halogens is 1. The number of benzene rings is 2. The van der Waals surface area contributed by atoms with E-state index in [2.05, 4.69) is 16.4 Å². The maximum atomic E-state index is 12.0. The van der Waals surface area contributed by atoms with Crippen LogP contribution in [0.5, 0.6) is 5.75 Å². The van der Waals surface area contributed by atoms with Crippen LogP contribution in [0.1, 0.15) is 42.9 Å². The Morgan fingerprint density at radius 3 is 2.76 bits per heavy atom. The van der Waals surface area contributed by atoms with Crippen molar-refractivity contribution in [2.24, 2.45) is 10.7 Å². The number of ether oxygens (including phenoxy) is 1. The lowest BCUT2D eigenvalue weighted by molar-refractivity contribution is -0.119. The second kappa shape index (κ2) is 9.96. The third-order valence-corrected chi connectivity index (χ3v) is 5.28. The molecule has 6 nitrogen and oxygen atoms in total. The highest BCUT2D eigenvalue weighted by Gasteiger charge is 2.21. The normalized spacial score (nSPS) is 19.0. The highest BCUT2D eigenvalue weighted by Crippen LogP contribution is 2.31. The van der Waals surface area contributed by atoms with Crippen LogP contribution in [0.2, 0.25) is 0 Å². The Kier molecular flexibility index (Phi) is 7.35. The first kappa shape index (κ1) is 21.4. The molecule has 0 radical (unpaired) electrons. The van der Waals surface area contributed by atoms with Crippen LogP contribution in [0, 0.1) is 0 Å². The number of anilines is 1. The topological polar surface area (TPSA) is 80.0 Å². The fourth-order valence-corrected chi connectivity index (χ4v) is 3.75. The molecule has 4 rings (SSSR count). The van der Waals surface area contributed by atoms with Crippen molar-refractivity contribution >= 4 is 41.5 Å². The Morgan fingerprint density at radius 1 is 1.17 bits per heavy atom. The van der Waals surface area contributed by atoms with E-state index < -0.39 is 0 Å². The van der Waals surface area contributed by atoms with Gasteiger partial charge in [0.2, 0.25) is 5.91 Å². The van der Waals surface area contributed by atoms with Crippen LogP contribution in [0.25, 0.3) is 0 Å². The average molecular weight is 506 g/mol. The number of carbonyl (C=O) groups excluding carboxylic acids is 1. The average Bonchev–Trinajstić information content (AvgIpc) is 2.73. The summed E-state index contributed by atoms with van der Waals surface area (Å²) in [6, 6.07) is 16.1. The molecule has 1 unspecified atom stereocenters. The molecule has 0 saturated carbocycles. The predicted molar refractivity (Wildman–Crippen MR) is 126 cm³/mol. The van der Waals surface area contributed by atoms with Crippen LogP contribution >= 0.6 is 24.0 Å². The highest BCUT2D eigenvalue weighted by atomic mass is 127. The van der Waals surface area contributed by atoms with Crippen LogP contribution in [-0.2, 0) is 11.3 Å². The zero-order chi connectivity index (χ0) is 19.3. The molecule has 1 amide bonds. The number of nitrogens with one attached hydrogen (secondary N) is 1. The molecule has 2 aliphatic heterocycles. The standard InChI is InChI=1S/C22H26N4O2.HI/c23-22(25-19-12-14-28-20-6-2-1-5-18(19)20)24-15-16-8-10-17(11-9-16)26-13-4-3-7-21(26)27;/h1-2,5-6,8-11,19H,3-4,7,12-15H2,(H3,23,24,25);1H. The van der Waals surface area contributed by atoms with Crippen molar-refractivity contribution < 1.29 is 9.53 Å². The Labute approximate surface area is 188 Å². The van der Waals surface area contributed by atoms with Gasteiger partial charge in [-0.3, -0.25) is 4.79 Å². The smallest absolute Gasteiger partial charge is 0.226 e. The monoisotopic (exact) mass is 506 g/mol. The quantitative estimate of drug-likeness (QED) is 0.376. The molecular weight excluding hydrogens is 479 g/mol. The van der Waals surface area contributed by atoms with Gasteiger partial charge in [-0.1, -0.05) is 30.3 Å². The van der Waals surface area contributed by atoms with E-state index in [9.17, 15) is 4.79 Å². The zero-order valence-electron chi connectivity index (χ0n) is 16.3. The molecule has 1 saturated heterocycles. The molecule has 0 aromatic heterocycles. The van der Waals surface area contributed by atoms with Gasteiger partial charge in [0.1, 0.15) is 5.75 Å². The summed E-state index contributed by atoms with van der Waals surface area (Å²) < 4.78 is 5.68. The Hall–Kier alpha value is -2.29. The lowest BCUT2D eigenvalue weighted by Gasteiger charge is -2.27. The van der Waals surface area contributed by atoms with E-state index in [1.54, 1.807) is 0 Å². The van der Waals surface area contributed by atoms with Crippen molar-refractivity contribution in [1.82, 2.24) is 5.32 Å². The van der Waals surface area contributed by atoms with E-state index in [-0.39, 0.29) is 35.9 Å². The van der Waals surface area contributed by atoms with E-state index in [1.807, 2.05) is 47.4 Å². The van der Waals surface area contributed by atoms with Gasteiger partial charge in [0.15, 0.2) is 5.96 Å². The third kappa shape index (κ3) is 5.20. The molecule has 2 heterocycles. The molecule has 0 aliphatic carbocycles. The first-order valence-electron chi connectivity index (χ1n) is 9.88. The van der Waals surface area contributed by atoms with Crippen molar-refractivity contribution in [3.05, 3.63) is 59.7 Å². The number of carbonyl (C=O) groups is 1. The number of hydrogen-bond donors (Lipinski definition) is 2. The molecule has 0 spiro atoms. The van der Waals surface area contributed by atoms with Gasteiger partial charge in [0, 0.05) is 30.6 Å². The van der Waals surface area contributed by atoms with Crippen LogP contribution in [0.15, 0.2) is 53.5 Å².